The predicted molar refractivity (Wildman–Crippen MR) is 94.8 cm³/mol. The monoisotopic (exact) mass is 352 g/mol. The number of ether oxygens (including phenoxy) is 1. The van der Waals surface area contributed by atoms with Gasteiger partial charge in [-0.2, -0.15) is 0 Å². The fraction of sp³-hybridized carbons (Fsp3) is 0.722. The highest BCUT2D eigenvalue weighted by atomic mass is 32.1. The Kier molecular flexibility index (Phi) is 5.50. The minimum Gasteiger partial charge on any atom is -0.459 e. The molecule has 134 valence electrons. The van der Waals surface area contributed by atoms with E-state index >= 15 is 0 Å². The van der Waals surface area contributed by atoms with E-state index in [2.05, 4.69) is 24.1 Å². The summed E-state index contributed by atoms with van der Waals surface area (Å²) in [6.07, 6.45) is 1.09. The molecule has 3 atom stereocenters. The second-order valence-corrected chi connectivity index (χ2v) is 8.86. The Balaban J connectivity index is 2.37. The van der Waals surface area contributed by atoms with E-state index in [1.54, 1.807) is 12.4 Å². The van der Waals surface area contributed by atoms with Gasteiger partial charge in [-0.1, -0.05) is 13.8 Å². The van der Waals surface area contributed by atoms with E-state index in [-0.39, 0.29) is 23.7 Å². The molecule has 1 N–H and O–H groups in total. The molecule has 5 nitrogen and oxygen atoms in total. The maximum atomic E-state index is 13.0. The molecule has 6 heteroatoms. The summed E-state index contributed by atoms with van der Waals surface area (Å²) < 4.78 is 5.69. The molecule has 0 aromatic carbocycles. The Hall–Kier alpha value is -1.27. The van der Waals surface area contributed by atoms with E-state index in [1.807, 2.05) is 26.2 Å². The standard InChI is InChI=1S/C18H28N2O3S/c1-11(2)7-18(16(22)23-17(4,5)6)8-13(12(3)21)15(20-18)14-9-24-10-19-14/h9-11,13,15,20H,7-8H2,1-6H3/t13-,15+,18-/m0/s1. The summed E-state index contributed by atoms with van der Waals surface area (Å²) in [7, 11) is 0. The number of nitrogens with one attached hydrogen (secondary N) is 1. The zero-order chi connectivity index (χ0) is 18.1. The van der Waals surface area contributed by atoms with Crippen LogP contribution in [0.25, 0.3) is 0 Å². The smallest absolute Gasteiger partial charge is 0.326 e. The van der Waals surface area contributed by atoms with Gasteiger partial charge in [-0.15, -0.1) is 11.3 Å². The number of thiazole rings is 1. The summed E-state index contributed by atoms with van der Waals surface area (Å²) in [5, 5.41) is 5.38. The van der Waals surface area contributed by atoms with Crippen molar-refractivity contribution < 1.29 is 14.3 Å². The van der Waals surface area contributed by atoms with Crippen LogP contribution in [0.1, 0.15) is 66.1 Å². The lowest BCUT2D eigenvalue weighted by Gasteiger charge is -2.33. The zero-order valence-electron chi connectivity index (χ0n) is 15.4. The van der Waals surface area contributed by atoms with Crippen LogP contribution in [-0.2, 0) is 14.3 Å². The van der Waals surface area contributed by atoms with Crippen LogP contribution in [0.5, 0.6) is 0 Å². The van der Waals surface area contributed by atoms with Gasteiger partial charge in [-0.25, -0.2) is 4.98 Å². The van der Waals surface area contributed by atoms with Crippen molar-refractivity contribution >= 4 is 23.1 Å². The molecule has 0 radical (unpaired) electrons. The minimum atomic E-state index is -0.841. The van der Waals surface area contributed by atoms with Gasteiger partial charge < -0.3 is 4.74 Å². The number of carbonyl (C=O) groups is 2. The topological polar surface area (TPSA) is 68.3 Å². The van der Waals surface area contributed by atoms with Crippen molar-refractivity contribution in [2.24, 2.45) is 11.8 Å². The summed E-state index contributed by atoms with van der Waals surface area (Å²) in [5.41, 5.74) is 1.18. The lowest BCUT2D eigenvalue weighted by Crippen LogP contribution is -2.52. The van der Waals surface area contributed by atoms with Gasteiger partial charge >= 0.3 is 5.97 Å². The van der Waals surface area contributed by atoms with Gasteiger partial charge in [-0.05, 0) is 46.5 Å². The van der Waals surface area contributed by atoms with Crippen LogP contribution in [0, 0.1) is 11.8 Å². The van der Waals surface area contributed by atoms with Crippen molar-refractivity contribution in [3.63, 3.8) is 0 Å². The quantitative estimate of drug-likeness (QED) is 0.821. The number of rotatable bonds is 5. The molecule has 0 aliphatic carbocycles. The molecular weight excluding hydrogens is 324 g/mol. The van der Waals surface area contributed by atoms with Gasteiger partial charge in [0.25, 0.3) is 0 Å². The third-order valence-electron chi connectivity index (χ3n) is 4.24. The molecule has 0 spiro atoms. The molecule has 2 heterocycles. The Morgan fingerprint density at radius 2 is 2.12 bits per heavy atom. The first-order chi connectivity index (χ1) is 11.0. The average molecular weight is 352 g/mol. The van der Waals surface area contributed by atoms with E-state index < -0.39 is 11.1 Å². The Labute approximate surface area is 148 Å². The summed E-state index contributed by atoms with van der Waals surface area (Å²) in [6, 6.07) is -0.236. The molecule has 0 bridgehead atoms. The maximum Gasteiger partial charge on any atom is 0.326 e. The van der Waals surface area contributed by atoms with Crippen molar-refractivity contribution in [1.82, 2.24) is 10.3 Å². The third kappa shape index (κ3) is 4.22. The van der Waals surface area contributed by atoms with Gasteiger partial charge in [-0.3, -0.25) is 14.9 Å². The minimum absolute atomic E-state index is 0.0784. The average Bonchev–Trinajstić information content (AvgIpc) is 3.02. The Morgan fingerprint density at radius 3 is 2.58 bits per heavy atom. The van der Waals surface area contributed by atoms with Gasteiger partial charge in [0.15, 0.2) is 0 Å². The van der Waals surface area contributed by atoms with Crippen molar-refractivity contribution in [3.05, 3.63) is 16.6 Å². The number of hydrogen-bond acceptors (Lipinski definition) is 6. The van der Waals surface area contributed by atoms with E-state index in [1.165, 1.54) is 11.3 Å². The first-order valence-corrected chi connectivity index (χ1v) is 9.38. The second kappa shape index (κ2) is 6.92. The zero-order valence-corrected chi connectivity index (χ0v) is 16.2. The largest absolute Gasteiger partial charge is 0.459 e. The predicted octanol–water partition coefficient (Wildman–Crippen LogP) is 3.51. The fourth-order valence-corrected chi connectivity index (χ4v) is 4.02. The first-order valence-electron chi connectivity index (χ1n) is 8.44. The molecule has 1 aliphatic rings. The van der Waals surface area contributed by atoms with Gasteiger partial charge in [0.05, 0.1) is 17.2 Å². The summed E-state index contributed by atoms with van der Waals surface area (Å²) in [6.45, 7) is 11.3. The van der Waals surface area contributed by atoms with E-state index in [0.29, 0.717) is 18.8 Å². The molecule has 0 amide bonds. The van der Waals surface area contributed by atoms with Crippen LogP contribution < -0.4 is 5.32 Å². The number of ketones is 1. The van der Waals surface area contributed by atoms with Crippen molar-refractivity contribution in [1.29, 1.82) is 0 Å². The van der Waals surface area contributed by atoms with Crippen LogP contribution in [0.4, 0.5) is 0 Å². The molecule has 0 saturated carbocycles. The molecule has 2 rings (SSSR count). The summed E-state index contributed by atoms with van der Waals surface area (Å²) in [4.78, 5) is 29.6. The molecular formula is C18H28N2O3S. The van der Waals surface area contributed by atoms with Crippen molar-refractivity contribution in [2.75, 3.05) is 0 Å². The van der Waals surface area contributed by atoms with Crippen LogP contribution in [0.3, 0.4) is 0 Å². The highest BCUT2D eigenvalue weighted by Gasteiger charge is 2.53. The normalized spacial score (nSPS) is 27.5. The lowest BCUT2D eigenvalue weighted by atomic mass is 9.83. The molecule has 1 aromatic heterocycles. The summed E-state index contributed by atoms with van der Waals surface area (Å²) >= 11 is 1.49. The van der Waals surface area contributed by atoms with Crippen LogP contribution >= 0.6 is 11.3 Å². The number of nitrogens with zero attached hydrogens (tertiary/aromatic N) is 1. The van der Waals surface area contributed by atoms with E-state index in [0.717, 1.165) is 5.69 Å². The SMILES string of the molecule is CC(=O)[C@@H]1C[C@@](CC(C)C)(C(=O)OC(C)(C)C)N[C@H]1c1cscn1. The molecule has 1 aromatic rings. The lowest BCUT2D eigenvalue weighted by molar-refractivity contribution is -0.163. The second-order valence-electron chi connectivity index (χ2n) is 8.14. The summed E-state index contributed by atoms with van der Waals surface area (Å²) in [5.74, 6) is -0.160. The number of aromatic nitrogens is 1. The van der Waals surface area contributed by atoms with Crippen molar-refractivity contribution in [3.8, 4) is 0 Å². The number of hydrogen-bond donors (Lipinski definition) is 1. The Morgan fingerprint density at radius 1 is 1.46 bits per heavy atom. The molecule has 0 unspecified atom stereocenters. The van der Waals surface area contributed by atoms with Crippen LogP contribution in [-0.4, -0.2) is 27.9 Å². The van der Waals surface area contributed by atoms with Crippen molar-refractivity contribution in [2.45, 2.75) is 71.6 Å². The molecule has 24 heavy (non-hydrogen) atoms. The fourth-order valence-electron chi connectivity index (χ4n) is 3.42. The highest BCUT2D eigenvalue weighted by molar-refractivity contribution is 7.07. The van der Waals surface area contributed by atoms with Gasteiger partial charge in [0, 0.05) is 11.3 Å². The van der Waals surface area contributed by atoms with Crippen LogP contribution in [0.2, 0.25) is 0 Å². The van der Waals surface area contributed by atoms with E-state index in [9.17, 15) is 9.59 Å². The molecule has 1 saturated heterocycles. The third-order valence-corrected chi connectivity index (χ3v) is 4.85. The van der Waals surface area contributed by atoms with E-state index in [4.69, 9.17) is 4.74 Å². The highest BCUT2D eigenvalue weighted by Crippen LogP contribution is 2.42. The van der Waals surface area contributed by atoms with Crippen LogP contribution in [0.15, 0.2) is 10.9 Å². The first kappa shape index (κ1) is 19.1. The molecule has 1 fully saturated rings. The number of carbonyl (C=O) groups excluding carboxylic acids is 2. The van der Waals surface area contributed by atoms with Gasteiger partial charge in [0.2, 0.25) is 0 Å². The number of Topliss-reactive ketones (excluding diaryl/α,β-unsaturated/α-hetero) is 1. The van der Waals surface area contributed by atoms with Gasteiger partial charge in [0.1, 0.15) is 16.9 Å². The maximum absolute atomic E-state index is 13.0. The number of esters is 1. The molecule has 1 aliphatic heterocycles. The Bertz CT molecular complexity index is 592.